The molecular weight excluding hydrogens is 452 g/mol. The fourth-order valence-electron chi connectivity index (χ4n) is 3.99. The van der Waals surface area contributed by atoms with Crippen LogP contribution >= 0.6 is 0 Å². The molecule has 10 heteroatoms. The van der Waals surface area contributed by atoms with E-state index in [0.29, 0.717) is 55.3 Å². The predicted molar refractivity (Wildman–Crippen MR) is 129 cm³/mol. The van der Waals surface area contributed by atoms with Gasteiger partial charge in [-0.05, 0) is 50.2 Å². The second-order valence-electron chi connectivity index (χ2n) is 8.34. The highest BCUT2D eigenvalue weighted by molar-refractivity contribution is 5.95. The second kappa shape index (κ2) is 12.3. The molecule has 0 saturated carbocycles. The summed E-state index contributed by atoms with van der Waals surface area (Å²) < 4.78 is 16.1. The molecule has 0 bridgehead atoms. The minimum absolute atomic E-state index is 0.140. The first-order valence-electron chi connectivity index (χ1n) is 11.8. The van der Waals surface area contributed by atoms with Crippen LogP contribution in [0.2, 0.25) is 0 Å². The molecule has 3 rings (SSSR count). The van der Waals surface area contributed by atoms with Crippen LogP contribution in [-0.2, 0) is 11.3 Å². The largest absolute Gasteiger partial charge is 0.497 e. The van der Waals surface area contributed by atoms with Crippen LogP contribution in [0.3, 0.4) is 0 Å². The Balaban J connectivity index is 1.48. The molecule has 0 unspecified atom stereocenters. The number of likely N-dealkylation sites (tertiary alicyclic amines) is 1. The number of hydrogen-bond acceptors (Lipinski definition) is 7. The van der Waals surface area contributed by atoms with Gasteiger partial charge in [0.05, 0.1) is 20.8 Å². The number of hydrazine groups is 1. The lowest BCUT2D eigenvalue weighted by atomic mass is 9.95. The molecule has 10 nitrogen and oxygen atoms in total. The van der Waals surface area contributed by atoms with Gasteiger partial charge in [-0.2, -0.15) is 0 Å². The van der Waals surface area contributed by atoms with E-state index in [2.05, 4.69) is 29.6 Å². The molecule has 0 atom stereocenters. The molecule has 1 aromatic carbocycles. The van der Waals surface area contributed by atoms with E-state index in [1.807, 2.05) is 0 Å². The van der Waals surface area contributed by atoms with E-state index in [1.165, 1.54) is 14.2 Å². The normalized spacial score (nSPS) is 14.0. The van der Waals surface area contributed by atoms with Crippen molar-refractivity contribution in [1.29, 1.82) is 0 Å². The van der Waals surface area contributed by atoms with Crippen LogP contribution in [-0.4, -0.2) is 67.9 Å². The highest BCUT2D eigenvalue weighted by Crippen LogP contribution is 2.25. The van der Waals surface area contributed by atoms with Crippen LogP contribution in [0.4, 0.5) is 0 Å². The minimum Gasteiger partial charge on any atom is -0.497 e. The zero-order chi connectivity index (χ0) is 25.4. The summed E-state index contributed by atoms with van der Waals surface area (Å²) in [5.41, 5.74) is 5.37. The second-order valence-corrected chi connectivity index (χ2v) is 8.34. The average Bonchev–Trinajstić information content (AvgIpc) is 3.38. The molecule has 3 amide bonds. The Bertz CT molecular complexity index is 1000. The minimum atomic E-state index is -0.510. The fraction of sp³-hybridized carbons (Fsp3) is 0.480. The van der Waals surface area contributed by atoms with Gasteiger partial charge in [0.25, 0.3) is 5.91 Å². The Hall–Kier alpha value is -3.53. The summed E-state index contributed by atoms with van der Waals surface area (Å²) in [6, 6.07) is 8.40. The van der Waals surface area contributed by atoms with E-state index >= 15 is 0 Å². The predicted octanol–water partition coefficient (Wildman–Crippen LogP) is 2.45. The standard InChI is InChI=1S/C25H34N4O6/c1-5-28(6-2)16-19-7-8-22(35-19)24(31)27-26-23(30)17-9-11-29(12-10-17)25(32)18-13-20(33-3)15-21(14-18)34-4/h7-8,13-15,17H,5-6,9-12,16H2,1-4H3,(H,26,30)(H,27,31). The third-order valence-corrected chi connectivity index (χ3v) is 6.21. The Kier molecular flexibility index (Phi) is 9.13. The maximum atomic E-state index is 12.9. The number of benzene rings is 1. The summed E-state index contributed by atoms with van der Waals surface area (Å²) in [7, 11) is 3.06. The van der Waals surface area contributed by atoms with Gasteiger partial charge in [0.15, 0.2) is 5.76 Å². The lowest BCUT2D eigenvalue weighted by Gasteiger charge is -2.31. The third kappa shape index (κ3) is 6.75. The molecular formula is C25H34N4O6. The number of rotatable bonds is 9. The van der Waals surface area contributed by atoms with Gasteiger partial charge in [0.1, 0.15) is 17.3 Å². The average molecular weight is 487 g/mol. The molecule has 1 fully saturated rings. The van der Waals surface area contributed by atoms with E-state index in [4.69, 9.17) is 13.9 Å². The first-order valence-corrected chi connectivity index (χ1v) is 11.8. The van der Waals surface area contributed by atoms with Crippen molar-refractivity contribution in [3.05, 3.63) is 47.4 Å². The molecule has 1 saturated heterocycles. The van der Waals surface area contributed by atoms with E-state index in [9.17, 15) is 14.4 Å². The Morgan fingerprint density at radius 1 is 1.00 bits per heavy atom. The van der Waals surface area contributed by atoms with Crippen LogP contribution in [0.15, 0.2) is 34.7 Å². The van der Waals surface area contributed by atoms with Gasteiger partial charge in [-0.15, -0.1) is 0 Å². The van der Waals surface area contributed by atoms with Crippen molar-refractivity contribution in [3.63, 3.8) is 0 Å². The monoisotopic (exact) mass is 486 g/mol. The maximum absolute atomic E-state index is 12.9. The smallest absolute Gasteiger partial charge is 0.305 e. The number of carbonyl (C=O) groups excluding carboxylic acids is 3. The van der Waals surface area contributed by atoms with E-state index in [-0.39, 0.29) is 23.5 Å². The number of nitrogens with one attached hydrogen (secondary N) is 2. The summed E-state index contributed by atoms with van der Waals surface area (Å²) >= 11 is 0. The van der Waals surface area contributed by atoms with Crippen molar-refractivity contribution in [2.24, 2.45) is 5.92 Å². The summed E-state index contributed by atoms with van der Waals surface area (Å²) in [6.45, 7) is 7.36. The number of amides is 3. The summed E-state index contributed by atoms with van der Waals surface area (Å²) in [5, 5.41) is 0. The van der Waals surface area contributed by atoms with Gasteiger partial charge >= 0.3 is 5.91 Å². The van der Waals surface area contributed by atoms with E-state index in [1.54, 1.807) is 35.2 Å². The number of hydrogen-bond donors (Lipinski definition) is 2. The van der Waals surface area contributed by atoms with Gasteiger partial charge in [0, 0.05) is 30.6 Å². The van der Waals surface area contributed by atoms with Crippen molar-refractivity contribution in [3.8, 4) is 11.5 Å². The fourth-order valence-corrected chi connectivity index (χ4v) is 3.99. The maximum Gasteiger partial charge on any atom is 0.305 e. The highest BCUT2D eigenvalue weighted by Gasteiger charge is 2.28. The zero-order valence-electron chi connectivity index (χ0n) is 20.8. The van der Waals surface area contributed by atoms with Gasteiger partial charge in [-0.25, -0.2) is 0 Å². The molecule has 190 valence electrons. The first-order chi connectivity index (χ1) is 16.9. The molecule has 35 heavy (non-hydrogen) atoms. The summed E-state index contributed by atoms with van der Waals surface area (Å²) in [5.74, 6) is 0.648. The topological polar surface area (TPSA) is 113 Å². The SMILES string of the molecule is CCN(CC)Cc1ccc(C(=O)NNC(=O)C2CCN(C(=O)c3cc(OC)cc(OC)c3)CC2)o1. The van der Waals surface area contributed by atoms with Crippen LogP contribution in [0.5, 0.6) is 11.5 Å². The number of methoxy groups -OCH3 is 2. The summed E-state index contributed by atoms with van der Waals surface area (Å²) in [6.07, 6.45) is 0.979. The van der Waals surface area contributed by atoms with Crippen LogP contribution in [0.25, 0.3) is 0 Å². The molecule has 0 aliphatic carbocycles. The third-order valence-electron chi connectivity index (χ3n) is 6.21. The van der Waals surface area contributed by atoms with E-state index in [0.717, 1.165) is 13.1 Å². The molecule has 1 aliphatic rings. The van der Waals surface area contributed by atoms with Crippen LogP contribution < -0.4 is 20.3 Å². The van der Waals surface area contributed by atoms with E-state index < -0.39 is 5.91 Å². The molecule has 1 aromatic heterocycles. The van der Waals surface area contributed by atoms with Crippen molar-refractivity contribution in [1.82, 2.24) is 20.7 Å². The molecule has 2 heterocycles. The van der Waals surface area contributed by atoms with Crippen molar-refractivity contribution < 1.29 is 28.3 Å². The van der Waals surface area contributed by atoms with Crippen molar-refractivity contribution in [2.75, 3.05) is 40.4 Å². The number of nitrogens with zero attached hydrogens (tertiary/aromatic N) is 2. The Morgan fingerprint density at radius 2 is 1.63 bits per heavy atom. The van der Waals surface area contributed by atoms with Crippen molar-refractivity contribution in [2.45, 2.75) is 33.2 Å². The number of carbonyl (C=O) groups is 3. The molecule has 0 spiro atoms. The molecule has 2 N–H and O–H groups in total. The van der Waals surface area contributed by atoms with Gasteiger partial charge in [0.2, 0.25) is 5.91 Å². The zero-order valence-corrected chi connectivity index (χ0v) is 20.8. The number of piperidine rings is 1. The number of furan rings is 1. The van der Waals surface area contributed by atoms with Gasteiger partial charge in [-0.1, -0.05) is 13.8 Å². The quantitative estimate of drug-likeness (QED) is 0.524. The Morgan fingerprint density at radius 3 is 2.20 bits per heavy atom. The van der Waals surface area contributed by atoms with Crippen LogP contribution in [0.1, 0.15) is 53.4 Å². The van der Waals surface area contributed by atoms with Gasteiger partial charge < -0.3 is 18.8 Å². The van der Waals surface area contributed by atoms with Gasteiger partial charge in [-0.3, -0.25) is 30.1 Å². The van der Waals surface area contributed by atoms with Crippen LogP contribution in [0, 0.1) is 5.92 Å². The summed E-state index contributed by atoms with van der Waals surface area (Å²) in [4.78, 5) is 41.8. The lowest BCUT2D eigenvalue weighted by molar-refractivity contribution is -0.127. The first kappa shape index (κ1) is 26.1. The lowest BCUT2D eigenvalue weighted by Crippen LogP contribution is -2.48. The molecule has 0 radical (unpaired) electrons. The van der Waals surface area contributed by atoms with Crippen molar-refractivity contribution >= 4 is 17.7 Å². The highest BCUT2D eigenvalue weighted by atomic mass is 16.5. The number of ether oxygens (including phenoxy) is 2. The Labute approximate surface area is 205 Å². The molecule has 1 aliphatic heterocycles. The molecule has 2 aromatic rings.